The maximum Gasteiger partial charge on any atom is 0.472 e. The number of unbranched alkanes of at least 4 members (excludes halogenated alkanes) is 10. The molecule has 1 aliphatic carbocycles. The Morgan fingerprint density at radius 2 is 1.12 bits per heavy atom. The molecule has 0 aromatic heterocycles. The number of ether oxygens (including phenoxy) is 2. The van der Waals surface area contributed by atoms with Crippen molar-refractivity contribution in [1.29, 1.82) is 0 Å². The Hall–Kier alpha value is -2.83. The van der Waals surface area contributed by atoms with Gasteiger partial charge in [0.25, 0.3) is 0 Å². The minimum atomic E-state index is -5.21. The van der Waals surface area contributed by atoms with E-state index < -0.39 is 94.0 Å². The molecule has 0 saturated heterocycles. The largest absolute Gasteiger partial charge is 0.472 e. The normalized spacial score (nSPS) is 23.7. The summed E-state index contributed by atoms with van der Waals surface area (Å²) >= 11 is 0. The van der Waals surface area contributed by atoms with Crippen molar-refractivity contribution in [3.63, 3.8) is 0 Å². The molecule has 1 saturated carbocycles. The van der Waals surface area contributed by atoms with Crippen molar-refractivity contribution in [3.05, 3.63) is 72.9 Å². The van der Waals surface area contributed by atoms with Gasteiger partial charge in [-0.3, -0.25) is 18.6 Å². The molecule has 1 rings (SSSR count). The molecule has 9 N–H and O–H groups in total. The summed E-state index contributed by atoms with van der Waals surface area (Å²) in [5.74, 6) is -1.45. The molecule has 11 atom stereocenters. The number of carbonyl (C=O) groups is 2. The van der Waals surface area contributed by atoms with Crippen LogP contribution in [0.1, 0.15) is 136 Å². The molecule has 0 spiro atoms. The maximum atomic E-state index is 12.8. The van der Waals surface area contributed by atoms with Crippen LogP contribution in [0.3, 0.4) is 0 Å². The lowest BCUT2D eigenvalue weighted by Crippen LogP contribution is -2.64. The Balaban J connectivity index is 2.63. The molecule has 0 radical (unpaired) electrons. The van der Waals surface area contributed by atoms with Crippen LogP contribution in [0.4, 0.5) is 0 Å². The second kappa shape index (κ2) is 36.3. The number of hydrogen-bond acceptors (Lipinski definition) is 15. The molecule has 16 nitrogen and oxygen atoms in total. The summed E-state index contributed by atoms with van der Waals surface area (Å²) in [6, 6.07) is 0. The summed E-state index contributed by atoms with van der Waals surface area (Å²) in [5, 5.41) is 80.7. The van der Waals surface area contributed by atoms with E-state index in [0.717, 1.165) is 64.2 Å². The lowest BCUT2D eigenvalue weighted by atomic mass is 9.85. The van der Waals surface area contributed by atoms with Crippen molar-refractivity contribution in [3.8, 4) is 0 Å². The molecular formula is C47H79O16P. The van der Waals surface area contributed by atoms with Crippen LogP contribution < -0.4 is 0 Å². The van der Waals surface area contributed by atoms with Crippen LogP contribution in [-0.2, 0) is 32.7 Å². The summed E-state index contributed by atoms with van der Waals surface area (Å²) in [5.41, 5.74) is 0. The number of aliphatic hydroxyl groups is 8. The van der Waals surface area contributed by atoms with Gasteiger partial charge in [-0.2, -0.15) is 0 Å². The molecule has 0 bridgehead atoms. The average Bonchev–Trinajstić information content (AvgIpc) is 3.26. The van der Waals surface area contributed by atoms with E-state index in [1.54, 1.807) is 42.5 Å². The van der Waals surface area contributed by atoms with Gasteiger partial charge < -0.3 is 55.2 Å². The van der Waals surface area contributed by atoms with Crippen LogP contribution in [0.15, 0.2) is 72.9 Å². The first-order valence-electron chi connectivity index (χ1n) is 23.1. The van der Waals surface area contributed by atoms with Crippen LogP contribution >= 0.6 is 7.82 Å². The van der Waals surface area contributed by atoms with Crippen molar-refractivity contribution >= 4 is 19.8 Å². The smallest absolute Gasteiger partial charge is 0.462 e. The summed E-state index contributed by atoms with van der Waals surface area (Å²) in [6.07, 6.45) is 20.1. The molecule has 17 heteroatoms. The van der Waals surface area contributed by atoms with Crippen LogP contribution in [0.25, 0.3) is 0 Å². The fourth-order valence-corrected chi connectivity index (χ4v) is 7.44. The maximum absolute atomic E-state index is 12.8. The average molecular weight is 931 g/mol. The molecule has 1 aliphatic rings. The van der Waals surface area contributed by atoms with Crippen LogP contribution in [0.2, 0.25) is 0 Å². The summed E-state index contributed by atoms with van der Waals surface area (Å²) in [7, 11) is -5.21. The minimum absolute atomic E-state index is 0.00352. The molecule has 0 aliphatic heterocycles. The van der Waals surface area contributed by atoms with Crippen LogP contribution in [-0.4, -0.2) is 132 Å². The van der Waals surface area contributed by atoms with Gasteiger partial charge in [0.2, 0.25) is 0 Å². The highest BCUT2D eigenvalue weighted by Crippen LogP contribution is 2.47. The van der Waals surface area contributed by atoms with Gasteiger partial charge in [0.05, 0.1) is 24.9 Å². The van der Waals surface area contributed by atoms with Gasteiger partial charge in [0, 0.05) is 12.8 Å². The van der Waals surface area contributed by atoms with Gasteiger partial charge in [-0.1, -0.05) is 138 Å². The van der Waals surface area contributed by atoms with Crippen molar-refractivity contribution in [2.75, 3.05) is 13.2 Å². The zero-order chi connectivity index (χ0) is 47.6. The molecular weight excluding hydrogens is 851 g/mol. The van der Waals surface area contributed by atoms with Crippen molar-refractivity contribution in [2.45, 2.75) is 197 Å². The zero-order valence-corrected chi connectivity index (χ0v) is 38.8. The quantitative estimate of drug-likeness (QED) is 0.0121. The summed E-state index contributed by atoms with van der Waals surface area (Å²) < 4.78 is 33.3. The third-order valence-electron chi connectivity index (χ3n) is 10.4. The number of allylic oxidation sites excluding steroid dienone is 10. The molecule has 64 heavy (non-hydrogen) atoms. The van der Waals surface area contributed by atoms with E-state index in [2.05, 4.69) is 38.2 Å². The van der Waals surface area contributed by atoms with Gasteiger partial charge in [0.15, 0.2) is 6.10 Å². The van der Waals surface area contributed by atoms with Crippen LogP contribution in [0.5, 0.6) is 0 Å². The zero-order valence-electron chi connectivity index (χ0n) is 37.9. The van der Waals surface area contributed by atoms with E-state index in [-0.39, 0.29) is 25.7 Å². The first-order valence-corrected chi connectivity index (χ1v) is 24.6. The van der Waals surface area contributed by atoms with E-state index >= 15 is 0 Å². The molecule has 0 aromatic rings. The minimum Gasteiger partial charge on any atom is -0.462 e. The van der Waals surface area contributed by atoms with Gasteiger partial charge in [-0.25, -0.2) is 4.57 Å². The van der Waals surface area contributed by atoms with E-state index in [1.807, 2.05) is 0 Å². The highest BCUT2D eigenvalue weighted by atomic mass is 31.2. The topological polar surface area (TPSA) is 270 Å². The number of aliphatic hydroxyl groups excluding tert-OH is 8. The highest BCUT2D eigenvalue weighted by Gasteiger charge is 2.51. The predicted octanol–water partition coefficient (Wildman–Crippen LogP) is 5.63. The van der Waals surface area contributed by atoms with Crippen molar-refractivity contribution in [1.82, 2.24) is 0 Å². The fraction of sp³-hybridized carbons (Fsp3) is 0.702. The fourth-order valence-electron chi connectivity index (χ4n) is 6.46. The van der Waals surface area contributed by atoms with E-state index in [9.17, 15) is 59.9 Å². The van der Waals surface area contributed by atoms with Gasteiger partial charge in [-0.05, 0) is 57.8 Å². The number of carbonyl (C=O) groups excluding carboxylic acids is 2. The SMILES string of the molecule is CCCCC/C=C\C/C=C\CCCCCCCC(=O)O[C@H](COC(=O)CCC[C@@H](O)[C@H](O)/C=C/C=C/C=C\C=C\[C@H](O)CCCCC)COP(=O)(O)OC1[C@H](O)[C@H](O)C(O)[C@H](O)[C@H]1O. The summed E-state index contributed by atoms with van der Waals surface area (Å²) in [4.78, 5) is 35.7. The highest BCUT2D eigenvalue weighted by molar-refractivity contribution is 7.47. The third kappa shape index (κ3) is 28.3. The number of phosphoric acid groups is 1. The molecule has 0 aromatic carbocycles. The first-order chi connectivity index (χ1) is 30.6. The number of phosphoric ester groups is 1. The van der Waals surface area contributed by atoms with Gasteiger partial charge >= 0.3 is 19.8 Å². The third-order valence-corrected chi connectivity index (χ3v) is 11.4. The monoisotopic (exact) mass is 931 g/mol. The number of esters is 2. The predicted molar refractivity (Wildman–Crippen MR) is 243 cm³/mol. The van der Waals surface area contributed by atoms with E-state index in [1.165, 1.54) is 25.3 Å². The first kappa shape index (κ1) is 59.2. The Morgan fingerprint density at radius 1 is 0.594 bits per heavy atom. The lowest BCUT2D eigenvalue weighted by Gasteiger charge is -2.41. The van der Waals surface area contributed by atoms with E-state index in [4.69, 9.17) is 18.5 Å². The summed E-state index contributed by atoms with van der Waals surface area (Å²) in [6.45, 7) is 2.84. The van der Waals surface area contributed by atoms with E-state index in [0.29, 0.717) is 12.8 Å². The molecule has 3 unspecified atom stereocenters. The second-order valence-corrected chi connectivity index (χ2v) is 17.5. The Labute approximate surface area is 380 Å². The van der Waals surface area contributed by atoms with Gasteiger partial charge in [0.1, 0.15) is 43.2 Å². The number of rotatable bonds is 36. The lowest BCUT2D eigenvalue weighted by molar-refractivity contribution is -0.220. The van der Waals surface area contributed by atoms with Crippen molar-refractivity contribution in [2.24, 2.45) is 0 Å². The number of hydrogen-bond donors (Lipinski definition) is 9. The Kier molecular flexibility index (Phi) is 33.6. The standard InChI is InChI=1S/C47H79O16P/c1-3-5-7-8-9-10-11-12-13-14-15-16-17-22-26-32-41(52)62-37(35-61-64(58,59)63-47-45(56)43(54)42(53)44(55)46(47)57)34-60-40(51)33-27-31-39(50)38(49)30-25-21-19-18-20-24-29-36(48)28-23-6-4-2/h9-10,12-13,18-21,24-25,29-30,36-39,42-50,53-57H,3-8,11,14-17,22-23,26-28,31-35H2,1-2H3,(H,58,59)/b10-9-,13-12-,20-18-,21-19+,29-24+,30-25+/t36-,37-,38-,39-,42?,43-,44+,45-,46-,47?/m1/s1. The van der Waals surface area contributed by atoms with Crippen molar-refractivity contribution < 1.29 is 78.4 Å². The second-order valence-electron chi connectivity index (χ2n) is 16.1. The molecule has 1 fully saturated rings. The Bertz CT molecular complexity index is 1450. The van der Waals surface area contributed by atoms with Gasteiger partial charge in [-0.15, -0.1) is 0 Å². The van der Waals surface area contributed by atoms with Crippen LogP contribution in [0, 0.1) is 0 Å². The molecule has 0 heterocycles. The molecule has 0 amide bonds. The molecule has 368 valence electrons. The Morgan fingerprint density at radius 3 is 1.77 bits per heavy atom.